The summed E-state index contributed by atoms with van der Waals surface area (Å²) in [6.45, 7) is 7.04. The fourth-order valence-electron chi connectivity index (χ4n) is 3.99. The number of benzene rings is 1. The minimum Gasteiger partial charge on any atom is -0.466 e. The van der Waals surface area contributed by atoms with Gasteiger partial charge in [0.1, 0.15) is 0 Å². The molecule has 26 heavy (non-hydrogen) atoms. The normalized spacial score (nSPS) is 27.2. The van der Waals surface area contributed by atoms with Crippen LogP contribution in [0.2, 0.25) is 0 Å². The molecule has 0 aliphatic carbocycles. The molecule has 0 radical (unpaired) electrons. The third kappa shape index (κ3) is 5.29. The Morgan fingerprint density at radius 3 is 2.88 bits per heavy atom. The number of carbonyl (C=O) groups is 1. The highest BCUT2D eigenvalue weighted by molar-refractivity contribution is 5.72. The molecule has 3 rings (SSSR count). The first-order valence-electron chi connectivity index (χ1n) is 9.85. The van der Waals surface area contributed by atoms with Crippen molar-refractivity contribution in [3.8, 4) is 0 Å². The van der Waals surface area contributed by atoms with Crippen molar-refractivity contribution in [2.24, 2.45) is 5.92 Å². The summed E-state index contributed by atoms with van der Waals surface area (Å²) in [6.07, 6.45) is 3.76. The number of nitrogens with zero attached hydrogens (tertiary/aromatic N) is 1. The van der Waals surface area contributed by atoms with Gasteiger partial charge in [-0.1, -0.05) is 30.3 Å². The average Bonchev–Trinajstić information content (AvgIpc) is 2.68. The fraction of sp³-hybridized carbons (Fsp3) is 0.667. The van der Waals surface area contributed by atoms with Gasteiger partial charge in [-0.2, -0.15) is 0 Å². The first-order valence-corrected chi connectivity index (χ1v) is 9.85. The fourth-order valence-corrected chi connectivity index (χ4v) is 3.99. The Balaban J connectivity index is 1.58. The SMILES string of the molecule is CCOC(=O)C1CCCN(CCC2(Cc3ccccc3)COCCO2)C1. The van der Waals surface area contributed by atoms with Crippen LogP contribution in [-0.4, -0.2) is 62.5 Å². The lowest BCUT2D eigenvalue weighted by Crippen LogP contribution is -2.48. The summed E-state index contributed by atoms with van der Waals surface area (Å²) in [6, 6.07) is 10.5. The van der Waals surface area contributed by atoms with Gasteiger partial charge in [-0.05, 0) is 38.3 Å². The number of rotatable bonds is 7. The van der Waals surface area contributed by atoms with Crippen molar-refractivity contribution in [3.63, 3.8) is 0 Å². The van der Waals surface area contributed by atoms with Crippen molar-refractivity contribution < 1.29 is 19.0 Å². The van der Waals surface area contributed by atoms with E-state index in [1.807, 2.05) is 13.0 Å². The zero-order valence-corrected chi connectivity index (χ0v) is 15.8. The predicted molar refractivity (Wildman–Crippen MR) is 100 cm³/mol. The lowest BCUT2D eigenvalue weighted by atomic mass is 9.90. The summed E-state index contributed by atoms with van der Waals surface area (Å²) in [7, 11) is 0. The molecule has 0 saturated carbocycles. The second-order valence-corrected chi connectivity index (χ2v) is 7.39. The zero-order chi connectivity index (χ0) is 18.2. The molecule has 0 aromatic heterocycles. The summed E-state index contributed by atoms with van der Waals surface area (Å²) in [5.74, 6) is -0.0363. The summed E-state index contributed by atoms with van der Waals surface area (Å²) in [5.41, 5.74) is 1.01. The Bertz CT molecular complexity index is 556. The number of carbonyl (C=O) groups excluding carboxylic acids is 1. The number of ether oxygens (including phenoxy) is 3. The number of esters is 1. The van der Waals surface area contributed by atoms with Crippen LogP contribution >= 0.6 is 0 Å². The van der Waals surface area contributed by atoms with Gasteiger partial charge in [-0.3, -0.25) is 4.79 Å². The Hall–Kier alpha value is -1.43. The van der Waals surface area contributed by atoms with Gasteiger partial charge in [-0.25, -0.2) is 0 Å². The van der Waals surface area contributed by atoms with E-state index in [4.69, 9.17) is 14.2 Å². The predicted octanol–water partition coefficient (Wildman–Crippen LogP) is 2.68. The summed E-state index contributed by atoms with van der Waals surface area (Å²) in [5, 5.41) is 0. The molecule has 2 fully saturated rings. The molecule has 2 atom stereocenters. The van der Waals surface area contributed by atoms with E-state index < -0.39 is 0 Å². The molecule has 0 bridgehead atoms. The number of piperidine rings is 1. The number of likely N-dealkylation sites (tertiary alicyclic amines) is 1. The van der Waals surface area contributed by atoms with Crippen LogP contribution in [0.25, 0.3) is 0 Å². The maximum Gasteiger partial charge on any atom is 0.310 e. The quantitative estimate of drug-likeness (QED) is 0.699. The third-order valence-electron chi connectivity index (χ3n) is 5.38. The Morgan fingerprint density at radius 1 is 1.31 bits per heavy atom. The Labute approximate surface area is 156 Å². The van der Waals surface area contributed by atoms with Gasteiger partial charge >= 0.3 is 5.97 Å². The molecule has 1 aromatic carbocycles. The Morgan fingerprint density at radius 2 is 2.15 bits per heavy atom. The van der Waals surface area contributed by atoms with E-state index in [-0.39, 0.29) is 17.5 Å². The molecule has 2 unspecified atom stereocenters. The van der Waals surface area contributed by atoms with E-state index in [0.29, 0.717) is 26.4 Å². The Kier molecular flexibility index (Phi) is 7.06. The monoisotopic (exact) mass is 361 g/mol. The molecule has 1 aromatic rings. The van der Waals surface area contributed by atoms with E-state index >= 15 is 0 Å². The van der Waals surface area contributed by atoms with Gasteiger partial charge in [0, 0.05) is 19.5 Å². The van der Waals surface area contributed by atoms with Crippen molar-refractivity contribution in [3.05, 3.63) is 35.9 Å². The van der Waals surface area contributed by atoms with Gasteiger partial charge in [0.2, 0.25) is 0 Å². The van der Waals surface area contributed by atoms with Crippen LogP contribution in [0.4, 0.5) is 0 Å². The van der Waals surface area contributed by atoms with E-state index in [9.17, 15) is 4.79 Å². The second-order valence-electron chi connectivity index (χ2n) is 7.39. The van der Waals surface area contributed by atoms with Gasteiger partial charge in [0.25, 0.3) is 0 Å². The molecule has 2 aliphatic rings. The molecule has 0 spiro atoms. The van der Waals surface area contributed by atoms with Crippen molar-refractivity contribution in [2.75, 3.05) is 46.1 Å². The molecule has 5 heteroatoms. The third-order valence-corrected chi connectivity index (χ3v) is 5.38. The highest BCUT2D eigenvalue weighted by atomic mass is 16.6. The lowest BCUT2D eigenvalue weighted by Gasteiger charge is -2.40. The number of hydrogen-bond donors (Lipinski definition) is 0. The molecular formula is C21H31NO4. The summed E-state index contributed by atoms with van der Waals surface area (Å²) < 4.78 is 17.2. The first kappa shape index (κ1) is 19.3. The maximum atomic E-state index is 12.1. The maximum absolute atomic E-state index is 12.1. The van der Waals surface area contributed by atoms with E-state index in [1.165, 1.54) is 5.56 Å². The standard InChI is InChI=1S/C21H31NO4/c1-2-25-20(23)19-9-6-11-22(16-19)12-10-21(17-24-13-14-26-21)15-18-7-4-3-5-8-18/h3-5,7-8,19H,2,6,9-17H2,1H3. The minimum absolute atomic E-state index is 0.0114. The van der Waals surface area contributed by atoms with Crippen LogP contribution in [0.15, 0.2) is 30.3 Å². The minimum atomic E-state index is -0.267. The second kappa shape index (κ2) is 9.49. The van der Waals surface area contributed by atoms with Gasteiger partial charge in [-0.15, -0.1) is 0 Å². The van der Waals surface area contributed by atoms with Gasteiger partial charge in [0.15, 0.2) is 0 Å². The average molecular weight is 361 g/mol. The molecule has 144 valence electrons. The van der Waals surface area contributed by atoms with Crippen LogP contribution < -0.4 is 0 Å². The summed E-state index contributed by atoms with van der Waals surface area (Å²) in [4.78, 5) is 14.4. The van der Waals surface area contributed by atoms with Crippen LogP contribution in [0, 0.1) is 5.92 Å². The zero-order valence-electron chi connectivity index (χ0n) is 15.8. The van der Waals surface area contributed by atoms with Crippen molar-refractivity contribution in [1.29, 1.82) is 0 Å². The van der Waals surface area contributed by atoms with Crippen LogP contribution in [0.5, 0.6) is 0 Å². The van der Waals surface area contributed by atoms with Crippen molar-refractivity contribution in [1.82, 2.24) is 4.90 Å². The molecule has 0 amide bonds. The van der Waals surface area contributed by atoms with Gasteiger partial charge < -0.3 is 19.1 Å². The van der Waals surface area contributed by atoms with Crippen LogP contribution in [0.3, 0.4) is 0 Å². The molecular weight excluding hydrogens is 330 g/mol. The lowest BCUT2D eigenvalue weighted by molar-refractivity contribution is -0.163. The molecule has 2 heterocycles. The van der Waals surface area contributed by atoms with Crippen molar-refractivity contribution in [2.45, 2.75) is 38.2 Å². The molecule has 2 saturated heterocycles. The number of hydrogen-bond acceptors (Lipinski definition) is 5. The largest absolute Gasteiger partial charge is 0.466 e. The van der Waals surface area contributed by atoms with Crippen molar-refractivity contribution >= 4 is 5.97 Å². The van der Waals surface area contributed by atoms with E-state index in [0.717, 1.165) is 45.3 Å². The van der Waals surface area contributed by atoms with E-state index in [1.54, 1.807) is 0 Å². The van der Waals surface area contributed by atoms with Crippen LogP contribution in [0.1, 0.15) is 31.7 Å². The van der Waals surface area contributed by atoms with Crippen LogP contribution in [-0.2, 0) is 25.4 Å². The molecule has 2 aliphatic heterocycles. The molecule has 5 nitrogen and oxygen atoms in total. The van der Waals surface area contributed by atoms with E-state index in [2.05, 4.69) is 29.2 Å². The smallest absolute Gasteiger partial charge is 0.310 e. The highest BCUT2D eigenvalue weighted by Crippen LogP contribution is 2.27. The molecule has 0 N–H and O–H groups in total. The first-order chi connectivity index (χ1) is 12.7. The topological polar surface area (TPSA) is 48.0 Å². The van der Waals surface area contributed by atoms with Gasteiger partial charge in [0.05, 0.1) is 37.9 Å². The highest BCUT2D eigenvalue weighted by Gasteiger charge is 2.36. The summed E-state index contributed by atoms with van der Waals surface area (Å²) >= 11 is 0.